The smallest absolute Gasteiger partial charge is 0.257 e. The number of nitrogens with one attached hydrogen (secondary N) is 2. The summed E-state index contributed by atoms with van der Waals surface area (Å²) in [5, 5.41) is 6.45. The number of amides is 1. The van der Waals surface area contributed by atoms with Crippen LogP contribution in [-0.4, -0.2) is 44.7 Å². The van der Waals surface area contributed by atoms with Crippen LogP contribution in [0.1, 0.15) is 49.3 Å². The molecule has 5 aromatic rings. The predicted molar refractivity (Wildman–Crippen MR) is 183 cm³/mol. The topological polar surface area (TPSA) is 148 Å². The van der Waals surface area contributed by atoms with Crippen molar-refractivity contribution in [1.82, 2.24) is 29.9 Å². The van der Waals surface area contributed by atoms with Gasteiger partial charge in [-0.3, -0.25) is 9.36 Å². The molecule has 1 aliphatic heterocycles. The zero-order valence-electron chi connectivity index (χ0n) is 26.9. The second kappa shape index (κ2) is 16.1. The molecule has 4 N–H and O–H groups in total. The fourth-order valence-corrected chi connectivity index (χ4v) is 6.82. The first kappa shape index (κ1) is 33.5. The number of hydrogen-bond donors (Lipinski definition) is 3. The third-order valence-corrected chi connectivity index (χ3v) is 9.10. The number of hydrogen-bond acceptors (Lipinski definition) is 10. The van der Waals surface area contributed by atoms with Gasteiger partial charge in [0.05, 0.1) is 25.6 Å². The van der Waals surface area contributed by atoms with Crippen LogP contribution in [-0.2, 0) is 31.7 Å². The lowest BCUT2D eigenvalue weighted by atomic mass is 10.1. The number of nitrogens with two attached hydrogens (primary N) is 1. The Labute approximate surface area is 281 Å². The predicted octanol–water partition coefficient (Wildman–Crippen LogP) is 5.84. The van der Waals surface area contributed by atoms with Gasteiger partial charge in [0.2, 0.25) is 11.8 Å². The van der Waals surface area contributed by atoms with Crippen molar-refractivity contribution in [2.24, 2.45) is 5.92 Å². The van der Waals surface area contributed by atoms with Crippen LogP contribution >= 0.6 is 8.53 Å². The molecule has 0 saturated carbocycles. The minimum Gasteiger partial charge on any atom is -0.476 e. The van der Waals surface area contributed by atoms with E-state index in [-0.39, 0.29) is 36.7 Å². The van der Waals surface area contributed by atoms with Gasteiger partial charge in [0, 0.05) is 19.0 Å². The average molecular weight is 670 g/mol. The van der Waals surface area contributed by atoms with Gasteiger partial charge >= 0.3 is 0 Å². The third kappa shape index (κ3) is 8.33. The Balaban J connectivity index is 1.17. The van der Waals surface area contributed by atoms with Crippen molar-refractivity contribution in [3.05, 3.63) is 114 Å². The van der Waals surface area contributed by atoms with Crippen molar-refractivity contribution in [2.45, 2.75) is 51.8 Å². The molecule has 5 unspecified atom stereocenters. The van der Waals surface area contributed by atoms with Crippen LogP contribution in [0.25, 0.3) is 11.2 Å². The Morgan fingerprint density at radius 3 is 2.35 bits per heavy atom. The van der Waals surface area contributed by atoms with Gasteiger partial charge in [0.1, 0.15) is 6.23 Å². The summed E-state index contributed by atoms with van der Waals surface area (Å²) in [6, 6.07) is 29.2. The van der Waals surface area contributed by atoms with E-state index >= 15 is 0 Å². The molecule has 1 saturated heterocycles. The number of aromatic nitrogens is 4. The maximum Gasteiger partial charge on any atom is 0.257 e. The van der Waals surface area contributed by atoms with Crippen LogP contribution in [0, 0.1) is 5.92 Å². The van der Waals surface area contributed by atoms with E-state index in [2.05, 4.69) is 32.3 Å². The first-order valence-corrected chi connectivity index (χ1v) is 17.2. The Bertz CT molecular complexity index is 1760. The van der Waals surface area contributed by atoms with E-state index in [0.29, 0.717) is 36.7 Å². The maximum absolute atomic E-state index is 13.6. The summed E-state index contributed by atoms with van der Waals surface area (Å²) in [6.45, 7) is 5.53. The summed E-state index contributed by atoms with van der Waals surface area (Å²) in [6.07, 6.45) is 0.911. The van der Waals surface area contributed by atoms with E-state index in [9.17, 15) is 4.79 Å². The summed E-state index contributed by atoms with van der Waals surface area (Å²) < 4.78 is 27.0. The quantitative estimate of drug-likeness (QED) is 0.116. The number of rotatable bonds is 15. The highest BCUT2D eigenvalue weighted by molar-refractivity contribution is 7.44. The highest BCUT2D eigenvalue weighted by atomic mass is 31.2. The number of anilines is 1. The van der Waals surface area contributed by atoms with E-state index in [1.165, 1.54) is 0 Å². The lowest BCUT2D eigenvalue weighted by Crippen LogP contribution is -2.31. The number of nitrogens with zero attached hydrogens (tertiary/aromatic N) is 4. The normalized spacial score (nSPS) is 18.8. The Kier molecular flexibility index (Phi) is 11.2. The van der Waals surface area contributed by atoms with Gasteiger partial charge in [-0.1, -0.05) is 97.9 Å². The van der Waals surface area contributed by atoms with Gasteiger partial charge in [0.15, 0.2) is 17.3 Å². The monoisotopic (exact) mass is 669 g/mol. The van der Waals surface area contributed by atoms with E-state index in [4.69, 9.17) is 24.3 Å². The van der Waals surface area contributed by atoms with Gasteiger partial charge < -0.3 is 29.6 Å². The summed E-state index contributed by atoms with van der Waals surface area (Å²) in [4.78, 5) is 26.8. The van der Waals surface area contributed by atoms with Gasteiger partial charge in [-0.05, 0) is 30.0 Å². The number of benzene rings is 3. The second-order valence-corrected chi connectivity index (χ2v) is 12.8. The molecule has 1 amide bonds. The first-order valence-electron chi connectivity index (χ1n) is 16.0. The maximum atomic E-state index is 13.6. The molecular weight excluding hydrogens is 629 g/mol. The molecule has 250 valence electrons. The molecule has 12 nitrogen and oxygen atoms in total. The SMILES string of the molecule is CCOc1nc(N)nc2c1ncn2C1OC(COP(NCc2ccccc2)OC(C(=O)NCc2ccccc2)c2ccccc2)CC1C. The van der Waals surface area contributed by atoms with Crippen LogP contribution in [0.4, 0.5) is 5.95 Å². The van der Waals surface area contributed by atoms with E-state index in [1.807, 2.05) is 102 Å². The van der Waals surface area contributed by atoms with Crippen molar-refractivity contribution < 1.29 is 23.3 Å². The number of imidazole rings is 1. The summed E-state index contributed by atoms with van der Waals surface area (Å²) >= 11 is 0. The molecule has 13 heteroatoms. The van der Waals surface area contributed by atoms with Gasteiger partial charge in [-0.15, -0.1) is 0 Å². The minimum absolute atomic E-state index is 0.103. The molecule has 3 aromatic carbocycles. The Hall–Kier alpha value is -4.45. The number of carbonyl (C=O) groups is 1. The fraction of sp³-hybridized carbons (Fsp3) is 0.314. The zero-order chi connectivity index (χ0) is 33.3. The lowest BCUT2D eigenvalue weighted by Gasteiger charge is -2.25. The number of ether oxygens (including phenoxy) is 2. The molecule has 5 atom stereocenters. The molecule has 0 radical (unpaired) electrons. The molecule has 1 fully saturated rings. The largest absolute Gasteiger partial charge is 0.476 e. The molecular formula is C35H40N7O5P. The van der Waals surface area contributed by atoms with Crippen LogP contribution in [0.15, 0.2) is 97.3 Å². The fourth-order valence-electron chi connectivity index (χ4n) is 5.57. The highest BCUT2D eigenvalue weighted by Crippen LogP contribution is 2.43. The summed E-state index contributed by atoms with van der Waals surface area (Å²) in [5.41, 5.74) is 9.86. The molecule has 6 rings (SSSR count). The first-order chi connectivity index (χ1) is 23.5. The van der Waals surface area contributed by atoms with Crippen molar-refractivity contribution in [3.8, 4) is 5.88 Å². The third-order valence-electron chi connectivity index (χ3n) is 7.90. The van der Waals surface area contributed by atoms with Crippen molar-refractivity contribution in [3.63, 3.8) is 0 Å². The van der Waals surface area contributed by atoms with Gasteiger partial charge in [-0.2, -0.15) is 9.97 Å². The lowest BCUT2D eigenvalue weighted by molar-refractivity contribution is -0.128. The molecule has 2 aromatic heterocycles. The summed E-state index contributed by atoms with van der Waals surface area (Å²) in [5.74, 6) is 0.310. The standard InChI is InChI=1S/C35H40N7O5P/c1-3-44-33-29-31(40-35(36)41-33)42(23-38-29)34-24(2)19-28(46-34)22-45-48(39-21-26-15-9-5-10-16-26)47-30(27-17-11-6-12-18-27)32(43)37-20-25-13-7-4-8-14-25/h4-18,23-24,28,30,34,39H,3,19-22H2,1-2H3,(H,37,43)(H2,36,40,41). The van der Waals surface area contributed by atoms with Crippen molar-refractivity contribution >= 4 is 31.5 Å². The van der Waals surface area contributed by atoms with Crippen LogP contribution in [0.5, 0.6) is 5.88 Å². The van der Waals surface area contributed by atoms with Crippen LogP contribution < -0.4 is 20.9 Å². The molecule has 48 heavy (non-hydrogen) atoms. The number of carbonyl (C=O) groups excluding carboxylic acids is 1. The summed E-state index contributed by atoms with van der Waals surface area (Å²) in [7, 11) is -1.74. The van der Waals surface area contributed by atoms with E-state index in [1.54, 1.807) is 6.33 Å². The number of nitrogen functional groups attached to an aromatic ring is 1. The van der Waals surface area contributed by atoms with E-state index in [0.717, 1.165) is 23.1 Å². The van der Waals surface area contributed by atoms with Crippen molar-refractivity contribution in [2.75, 3.05) is 18.9 Å². The van der Waals surface area contributed by atoms with Crippen molar-refractivity contribution in [1.29, 1.82) is 0 Å². The zero-order valence-corrected chi connectivity index (χ0v) is 27.8. The second-order valence-electron chi connectivity index (χ2n) is 11.5. The average Bonchev–Trinajstić information content (AvgIpc) is 3.70. The van der Waals surface area contributed by atoms with Crippen LogP contribution in [0.2, 0.25) is 0 Å². The van der Waals surface area contributed by atoms with Gasteiger partial charge in [-0.25, -0.2) is 10.1 Å². The van der Waals surface area contributed by atoms with E-state index < -0.39 is 14.6 Å². The molecule has 1 aliphatic rings. The number of fused-ring (bicyclic) bond motifs is 1. The minimum atomic E-state index is -1.74. The van der Waals surface area contributed by atoms with Crippen LogP contribution in [0.3, 0.4) is 0 Å². The molecule has 0 aliphatic carbocycles. The molecule has 3 heterocycles. The molecule has 0 bridgehead atoms. The molecule has 0 spiro atoms. The Morgan fingerprint density at radius 2 is 1.67 bits per heavy atom. The van der Waals surface area contributed by atoms with Gasteiger partial charge in [0.25, 0.3) is 14.4 Å². The Morgan fingerprint density at radius 1 is 1.00 bits per heavy atom. The highest BCUT2D eigenvalue weighted by Gasteiger charge is 2.36.